The van der Waals surface area contributed by atoms with Crippen LogP contribution >= 0.6 is 23.2 Å². The SMILES string of the molecule is CCOC(=O)OC1(C)CCCN1C(=O)Cc1c(Cl)cccc1Cl. The van der Waals surface area contributed by atoms with E-state index < -0.39 is 11.9 Å². The molecule has 5 nitrogen and oxygen atoms in total. The van der Waals surface area contributed by atoms with Gasteiger partial charge in [0.1, 0.15) is 0 Å². The van der Waals surface area contributed by atoms with Gasteiger partial charge in [-0.05, 0) is 38.0 Å². The van der Waals surface area contributed by atoms with Gasteiger partial charge in [-0.25, -0.2) is 4.79 Å². The van der Waals surface area contributed by atoms with Crippen molar-refractivity contribution >= 4 is 35.3 Å². The fourth-order valence-electron chi connectivity index (χ4n) is 2.71. The summed E-state index contributed by atoms with van der Waals surface area (Å²) in [6, 6.07) is 5.10. The lowest BCUT2D eigenvalue weighted by Gasteiger charge is -2.34. The molecule has 7 heteroatoms. The summed E-state index contributed by atoms with van der Waals surface area (Å²) in [7, 11) is 0. The van der Waals surface area contributed by atoms with Crippen molar-refractivity contribution in [1.82, 2.24) is 4.90 Å². The highest BCUT2D eigenvalue weighted by atomic mass is 35.5. The fraction of sp³-hybridized carbons (Fsp3) is 0.500. The first-order valence-corrected chi connectivity index (χ1v) is 8.22. The molecule has 1 aromatic carbocycles. The maximum absolute atomic E-state index is 12.7. The van der Waals surface area contributed by atoms with Crippen LogP contribution < -0.4 is 0 Å². The van der Waals surface area contributed by atoms with Gasteiger partial charge in [0.25, 0.3) is 0 Å². The van der Waals surface area contributed by atoms with Crippen LogP contribution in [0.3, 0.4) is 0 Å². The number of nitrogens with zero attached hydrogens (tertiary/aromatic N) is 1. The zero-order valence-electron chi connectivity index (χ0n) is 13.1. The molecule has 1 unspecified atom stereocenters. The molecule has 1 aliphatic heterocycles. The molecule has 0 aliphatic carbocycles. The summed E-state index contributed by atoms with van der Waals surface area (Å²) in [5.41, 5.74) is -0.428. The van der Waals surface area contributed by atoms with Crippen LogP contribution in [-0.4, -0.2) is 35.8 Å². The van der Waals surface area contributed by atoms with E-state index in [4.69, 9.17) is 32.7 Å². The average Bonchev–Trinajstić information content (AvgIpc) is 2.84. The topological polar surface area (TPSA) is 55.8 Å². The molecule has 0 bridgehead atoms. The van der Waals surface area contributed by atoms with Gasteiger partial charge >= 0.3 is 6.16 Å². The molecule has 1 amide bonds. The number of carbonyl (C=O) groups excluding carboxylic acids is 2. The molecule has 0 saturated carbocycles. The summed E-state index contributed by atoms with van der Waals surface area (Å²) >= 11 is 12.2. The molecular formula is C16H19Cl2NO4. The molecule has 23 heavy (non-hydrogen) atoms. The third-order valence-corrected chi connectivity index (χ3v) is 4.56. The quantitative estimate of drug-likeness (QED) is 0.761. The number of hydrogen-bond acceptors (Lipinski definition) is 4. The lowest BCUT2D eigenvalue weighted by molar-refractivity contribution is -0.152. The molecule has 0 radical (unpaired) electrons. The first kappa shape index (κ1) is 17.9. The molecule has 0 aromatic heterocycles. The van der Waals surface area contributed by atoms with Gasteiger partial charge in [-0.1, -0.05) is 29.3 Å². The van der Waals surface area contributed by atoms with Crippen LogP contribution in [0.1, 0.15) is 32.3 Å². The van der Waals surface area contributed by atoms with E-state index in [1.165, 1.54) is 0 Å². The summed E-state index contributed by atoms with van der Waals surface area (Å²) in [5.74, 6) is -0.190. The minimum absolute atomic E-state index is 0.0558. The first-order valence-electron chi connectivity index (χ1n) is 7.46. The van der Waals surface area contributed by atoms with Crippen molar-refractivity contribution in [3.8, 4) is 0 Å². The van der Waals surface area contributed by atoms with Gasteiger partial charge in [0.05, 0.1) is 13.0 Å². The lowest BCUT2D eigenvalue weighted by Crippen LogP contribution is -2.48. The Morgan fingerprint density at radius 3 is 2.57 bits per heavy atom. The number of ether oxygens (including phenoxy) is 2. The number of halogens is 2. The Morgan fingerprint density at radius 2 is 1.96 bits per heavy atom. The number of rotatable bonds is 4. The lowest BCUT2D eigenvalue weighted by atomic mass is 10.1. The zero-order valence-corrected chi connectivity index (χ0v) is 14.6. The summed E-state index contributed by atoms with van der Waals surface area (Å²) < 4.78 is 10.2. The summed E-state index contributed by atoms with van der Waals surface area (Å²) in [6.45, 7) is 4.14. The number of amides is 1. The molecule has 0 spiro atoms. The minimum atomic E-state index is -1.00. The van der Waals surface area contributed by atoms with Crippen LogP contribution in [0.5, 0.6) is 0 Å². The van der Waals surface area contributed by atoms with Crippen LogP contribution in [0.4, 0.5) is 4.79 Å². The van der Waals surface area contributed by atoms with Crippen molar-refractivity contribution in [2.45, 2.75) is 38.8 Å². The molecule has 1 heterocycles. The highest BCUT2D eigenvalue weighted by Gasteiger charge is 2.43. The Kier molecular flexibility index (Phi) is 5.76. The van der Waals surface area contributed by atoms with Crippen molar-refractivity contribution in [3.05, 3.63) is 33.8 Å². The van der Waals surface area contributed by atoms with E-state index in [0.29, 0.717) is 28.6 Å². The number of hydrogen-bond donors (Lipinski definition) is 0. The summed E-state index contributed by atoms with van der Waals surface area (Å²) in [6.07, 6.45) is 0.594. The first-order chi connectivity index (χ1) is 10.9. The van der Waals surface area contributed by atoms with Crippen molar-refractivity contribution < 1.29 is 19.1 Å². The molecule has 0 N–H and O–H groups in total. The van der Waals surface area contributed by atoms with E-state index >= 15 is 0 Å². The van der Waals surface area contributed by atoms with Crippen LogP contribution in [0, 0.1) is 0 Å². The monoisotopic (exact) mass is 359 g/mol. The molecular weight excluding hydrogens is 341 g/mol. The van der Waals surface area contributed by atoms with Crippen molar-refractivity contribution in [2.24, 2.45) is 0 Å². The van der Waals surface area contributed by atoms with Crippen molar-refractivity contribution in [3.63, 3.8) is 0 Å². The van der Waals surface area contributed by atoms with Gasteiger partial charge in [-0.2, -0.15) is 0 Å². The largest absolute Gasteiger partial charge is 0.510 e. The van der Waals surface area contributed by atoms with E-state index in [-0.39, 0.29) is 18.9 Å². The number of carbonyl (C=O) groups is 2. The Morgan fingerprint density at radius 1 is 1.30 bits per heavy atom. The third kappa shape index (κ3) is 4.09. The van der Waals surface area contributed by atoms with Gasteiger partial charge in [-0.15, -0.1) is 0 Å². The van der Waals surface area contributed by atoms with Crippen molar-refractivity contribution in [1.29, 1.82) is 0 Å². The van der Waals surface area contributed by atoms with Crippen LogP contribution in [-0.2, 0) is 20.7 Å². The molecule has 1 saturated heterocycles. The van der Waals surface area contributed by atoms with E-state index in [2.05, 4.69) is 0 Å². The van der Waals surface area contributed by atoms with Gasteiger partial charge in [0.2, 0.25) is 5.91 Å². The van der Waals surface area contributed by atoms with Crippen LogP contribution in [0.15, 0.2) is 18.2 Å². The molecule has 126 valence electrons. The van der Waals surface area contributed by atoms with Gasteiger partial charge < -0.3 is 14.4 Å². The number of benzene rings is 1. The highest BCUT2D eigenvalue weighted by Crippen LogP contribution is 2.33. The summed E-state index contributed by atoms with van der Waals surface area (Å²) in [4.78, 5) is 25.8. The van der Waals surface area contributed by atoms with Gasteiger partial charge in [-0.3, -0.25) is 4.79 Å². The Bertz CT molecular complexity index is 587. The third-order valence-electron chi connectivity index (χ3n) is 3.85. The van der Waals surface area contributed by atoms with Crippen molar-refractivity contribution in [2.75, 3.05) is 13.2 Å². The normalized spacial score (nSPS) is 20.4. The molecule has 2 rings (SSSR count). The molecule has 1 fully saturated rings. The highest BCUT2D eigenvalue weighted by molar-refractivity contribution is 6.36. The zero-order chi connectivity index (χ0) is 17.0. The molecule has 1 atom stereocenters. The Labute approximate surface area is 145 Å². The maximum Gasteiger partial charge on any atom is 0.510 e. The van der Waals surface area contributed by atoms with E-state index in [1.807, 2.05) is 0 Å². The minimum Gasteiger partial charge on any atom is -0.435 e. The second-order valence-electron chi connectivity index (χ2n) is 5.49. The molecule has 1 aliphatic rings. The second-order valence-corrected chi connectivity index (χ2v) is 6.30. The van der Waals surface area contributed by atoms with Gasteiger partial charge in [0, 0.05) is 23.0 Å². The van der Waals surface area contributed by atoms with Crippen LogP contribution in [0.25, 0.3) is 0 Å². The molecule has 1 aromatic rings. The Balaban J connectivity index is 2.13. The summed E-state index contributed by atoms with van der Waals surface area (Å²) in [5, 5.41) is 0.885. The van der Waals surface area contributed by atoms with E-state index in [1.54, 1.807) is 36.9 Å². The van der Waals surface area contributed by atoms with E-state index in [0.717, 1.165) is 6.42 Å². The van der Waals surface area contributed by atoms with Gasteiger partial charge in [0.15, 0.2) is 5.72 Å². The van der Waals surface area contributed by atoms with E-state index in [9.17, 15) is 9.59 Å². The average molecular weight is 360 g/mol. The second kappa shape index (κ2) is 7.41. The standard InChI is InChI=1S/C16H19Cl2NO4/c1-3-22-15(21)23-16(2)8-5-9-19(16)14(20)10-11-12(17)6-4-7-13(11)18/h4,6-7H,3,5,8-10H2,1-2H3. The Hall–Kier alpha value is -1.46. The van der Waals surface area contributed by atoms with Crippen LogP contribution in [0.2, 0.25) is 10.0 Å². The number of likely N-dealkylation sites (tertiary alicyclic amines) is 1. The smallest absolute Gasteiger partial charge is 0.435 e. The fourth-order valence-corrected chi connectivity index (χ4v) is 3.24. The predicted molar refractivity (Wildman–Crippen MR) is 87.6 cm³/mol. The predicted octanol–water partition coefficient (Wildman–Crippen LogP) is 4.05. The maximum atomic E-state index is 12.7.